The lowest BCUT2D eigenvalue weighted by molar-refractivity contribution is 0.377. The third kappa shape index (κ3) is 3.33. The standard InChI is InChI=1S/C15H23NO3S/c1-3-16-12-6-4-8-14(10-12)20(17,18)15-9-5-7-13(11-15)19-2/h5,7,9,11-12,14,16H,3-4,6,8,10H2,1-2H3. The van der Waals surface area contributed by atoms with Crippen molar-refractivity contribution in [1.82, 2.24) is 5.32 Å². The van der Waals surface area contributed by atoms with E-state index in [4.69, 9.17) is 4.74 Å². The number of methoxy groups -OCH3 is 1. The molecule has 0 bridgehead atoms. The van der Waals surface area contributed by atoms with Crippen molar-refractivity contribution in [3.8, 4) is 5.75 Å². The molecule has 2 unspecified atom stereocenters. The fraction of sp³-hybridized carbons (Fsp3) is 0.600. The monoisotopic (exact) mass is 297 g/mol. The lowest BCUT2D eigenvalue weighted by Crippen LogP contribution is -2.38. The van der Waals surface area contributed by atoms with E-state index in [9.17, 15) is 8.42 Å². The van der Waals surface area contributed by atoms with Crippen molar-refractivity contribution in [3.05, 3.63) is 24.3 Å². The van der Waals surface area contributed by atoms with E-state index in [1.807, 2.05) is 0 Å². The van der Waals surface area contributed by atoms with Crippen molar-refractivity contribution < 1.29 is 13.2 Å². The predicted molar refractivity (Wildman–Crippen MR) is 79.9 cm³/mol. The summed E-state index contributed by atoms with van der Waals surface area (Å²) < 4.78 is 30.6. The van der Waals surface area contributed by atoms with E-state index in [1.54, 1.807) is 31.4 Å². The number of benzene rings is 1. The van der Waals surface area contributed by atoms with Crippen LogP contribution in [-0.2, 0) is 9.84 Å². The number of nitrogens with one attached hydrogen (secondary N) is 1. The van der Waals surface area contributed by atoms with Gasteiger partial charge in [-0.15, -0.1) is 0 Å². The summed E-state index contributed by atoms with van der Waals surface area (Å²) in [6, 6.07) is 7.09. The Hall–Kier alpha value is -1.07. The van der Waals surface area contributed by atoms with Crippen LogP contribution in [0.3, 0.4) is 0 Å². The molecule has 0 radical (unpaired) electrons. The number of rotatable bonds is 5. The zero-order chi connectivity index (χ0) is 14.6. The van der Waals surface area contributed by atoms with Gasteiger partial charge < -0.3 is 10.1 Å². The number of ether oxygens (including phenoxy) is 1. The second-order valence-electron chi connectivity index (χ2n) is 5.27. The van der Waals surface area contributed by atoms with E-state index in [2.05, 4.69) is 12.2 Å². The van der Waals surface area contributed by atoms with Crippen molar-refractivity contribution in [2.75, 3.05) is 13.7 Å². The van der Waals surface area contributed by atoms with Crippen LogP contribution in [0.15, 0.2) is 29.2 Å². The molecule has 0 aromatic heterocycles. The van der Waals surface area contributed by atoms with Crippen LogP contribution in [0.5, 0.6) is 5.75 Å². The van der Waals surface area contributed by atoms with Crippen LogP contribution in [0.4, 0.5) is 0 Å². The first-order valence-electron chi connectivity index (χ1n) is 7.19. The maximum absolute atomic E-state index is 12.7. The smallest absolute Gasteiger partial charge is 0.181 e. The fourth-order valence-corrected chi connectivity index (χ4v) is 4.77. The fourth-order valence-electron chi connectivity index (χ4n) is 2.87. The lowest BCUT2D eigenvalue weighted by atomic mass is 9.95. The summed E-state index contributed by atoms with van der Waals surface area (Å²) in [7, 11) is -1.72. The summed E-state index contributed by atoms with van der Waals surface area (Å²) in [6.45, 7) is 2.94. The average Bonchev–Trinajstić information content (AvgIpc) is 2.48. The van der Waals surface area contributed by atoms with E-state index in [-0.39, 0.29) is 5.25 Å². The number of hydrogen-bond acceptors (Lipinski definition) is 4. The summed E-state index contributed by atoms with van der Waals surface area (Å²) in [4.78, 5) is 0.374. The van der Waals surface area contributed by atoms with Crippen LogP contribution < -0.4 is 10.1 Å². The molecule has 112 valence electrons. The molecule has 4 nitrogen and oxygen atoms in total. The van der Waals surface area contributed by atoms with E-state index in [1.165, 1.54) is 0 Å². The molecular weight excluding hydrogens is 274 g/mol. The van der Waals surface area contributed by atoms with Gasteiger partial charge in [0.2, 0.25) is 0 Å². The molecule has 1 aliphatic rings. The first kappa shape index (κ1) is 15.3. The Kier molecular flexibility index (Phi) is 5.05. The minimum Gasteiger partial charge on any atom is -0.497 e. The van der Waals surface area contributed by atoms with Gasteiger partial charge in [-0.2, -0.15) is 0 Å². The van der Waals surface area contributed by atoms with Gasteiger partial charge in [0.25, 0.3) is 0 Å². The second-order valence-corrected chi connectivity index (χ2v) is 7.50. The molecule has 2 atom stereocenters. The van der Waals surface area contributed by atoms with E-state index >= 15 is 0 Å². The summed E-state index contributed by atoms with van der Waals surface area (Å²) in [5, 5.41) is 3.09. The SMILES string of the molecule is CCNC1CCCC(S(=O)(=O)c2cccc(OC)c2)C1. The Morgan fingerprint density at radius 2 is 2.15 bits per heavy atom. The van der Waals surface area contributed by atoms with Crippen LogP contribution in [0.2, 0.25) is 0 Å². The van der Waals surface area contributed by atoms with Gasteiger partial charge in [0.1, 0.15) is 5.75 Å². The van der Waals surface area contributed by atoms with Gasteiger partial charge in [-0.3, -0.25) is 0 Å². The Balaban J connectivity index is 2.20. The predicted octanol–water partition coefficient (Wildman–Crippen LogP) is 2.39. The van der Waals surface area contributed by atoms with Gasteiger partial charge >= 0.3 is 0 Å². The molecule has 0 aliphatic heterocycles. The third-order valence-corrected chi connectivity index (χ3v) is 6.14. The van der Waals surface area contributed by atoms with Crippen LogP contribution in [0, 0.1) is 0 Å². The zero-order valence-corrected chi connectivity index (χ0v) is 12.9. The number of sulfone groups is 1. The molecule has 1 aromatic carbocycles. The summed E-state index contributed by atoms with van der Waals surface area (Å²) in [5.74, 6) is 0.588. The minimum absolute atomic E-state index is 0.285. The Labute approximate surface area is 121 Å². The van der Waals surface area contributed by atoms with Gasteiger partial charge in [-0.1, -0.05) is 19.4 Å². The van der Waals surface area contributed by atoms with Gasteiger partial charge in [-0.05, 0) is 44.0 Å². The van der Waals surface area contributed by atoms with Crippen LogP contribution in [-0.4, -0.2) is 33.4 Å². The highest BCUT2D eigenvalue weighted by Crippen LogP contribution is 2.30. The number of hydrogen-bond donors (Lipinski definition) is 1. The van der Waals surface area contributed by atoms with Crippen LogP contribution in [0.25, 0.3) is 0 Å². The zero-order valence-electron chi connectivity index (χ0n) is 12.1. The third-order valence-electron chi connectivity index (χ3n) is 3.93. The van der Waals surface area contributed by atoms with Crippen LogP contribution >= 0.6 is 0 Å². The molecule has 2 rings (SSSR count). The van der Waals surface area contributed by atoms with Crippen molar-refractivity contribution in [2.45, 2.75) is 48.8 Å². The summed E-state index contributed by atoms with van der Waals surface area (Å²) in [6.07, 6.45) is 3.48. The van der Waals surface area contributed by atoms with Gasteiger partial charge in [-0.25, -0.2) is 8.42 Å². The quantitative estimate of drug-likeness (QED) is 0.906. The Bertz CT molecular complexity index is 540. The molecule has 1 aromatic rings. The van der Waals surface area contributed by atoms with Crippen molar-refractivity contribution >= 4 is 9.84 Å². The topological polar surface area (TPSA) is 55.4 Å². The molecule has 0 spiro atoms. The second kappa shape index (κ2) is 6.59. The Morgan fingerprint density at radius 1 is 1.35 bits per heavy atom. The first-order valence-corrected chi connectivity index (χ1v) is 8.74. The van der Waals surface area contributed by atoms with Gasteiger partial charge in [0.15, 0.2) is 9.84 Å². The minimum atomic E-state index is -3.27. The highest BCUT2D eigenvalue weighted by Gasteiger charge is 2.32. The van der Waals surface area contributed by atoms with Gasteiger partial charge in [0.05, 0.1) is 17.3 Å². The van der Waals surface area contributed by atoms with E-state index in [0.717, 1.165) is 25.8 Å². The molecule has 1 N–H and O–H groups in total. The summed E-state index contributed by atoms with van der Waals surface area (Å²) in [5.41, 5.74) is 0. The molecular formula is C15H23NO3S. The van der Waals surface area contributed by atoms with E-state index < -0.39 is 9.84 Å². The highest BCUT2D eigenvalue weighted by molar-refractivity contribution is 7.92. The molecule has 20 heavy (non-hydrogen) atoms. The average molecular weight is 297 g/mol. The van der Waals surface area contributed by atoms with Gasteiger partial charge in [0, 0.05) is 6.04 Å². The maximum Gasteiger partial charge on any atom is 0.181 e. The molecule has 1 fully saturated rings. The molecule has 0 amide bonds. The lowest BCUT2D eigenvalue weighted by Gasteiger charge is -2.29. The normalized spacial score (nSPS) is 23.5. The summed E-state index contributed by atoms with van der Waals surface area (Å²) >= 11 is 0. The maximum atomic E-state index is 12.7. The van der Waals surface area contributed by atoms with Crippen molar-refractivity contribution in [1.29, 1.82) is 0 Å². The van der Waals surface area contributed by atoms with E-state index in [0.29, 0.717) is 23.1 Å². The van der Waals surface area contributed by atoms with Crippen LogP contribution in [0.1, 0.15) is 32.6 Å². The molecule has 0 saturated heterocycles. The van der Waals surface area contributed by atoms with Crippen molar-refractivity contribution in [3.63, 3.8) is 0 Å². The molecule has 0 heterocycles. The largest absolute Gasteiger partial charge is 0.497 e. The Morgan fingerprint density at radius 3 is 2.85 bits per heavy atom. The molecule has 1 aliphatic carbocycles. The molecule has 5 heteroatoms. The molecule has 1 saturated carbocycles. The first-order chi connectivity index (χ1) is 9.57. The van der Waals surface area contributed by atoms with Crippen molar-refractivity contribution in [2.24, 2.45) is 0 Å². The highest BCUT2D eigenvalue weighted by atomic mass is 32.2.